The van der Waals surface area contributed by atoms with Gasteiger partial charge in [0.05, 0.1) is 17.5 Å². The first-order valence-corrected chi connectivity index (χ1v) is 9.85. The molecule has 2 heterocycles. The van der Waals surface area contributed by atoms with Crippen molar-refractivity contribution in [2.75, 3.05) is 37.6 Å². The average molecular weight is 383 g/mol. The van der Waals surface area contributed by atoms with Crippen LogP contribution in [0.4, 0.5) is 10.1 Å². The molecule has 4 aliphatic rings. The molecule has 0 radical (unpaired) electrons. The summed E-state index contributed by atoms with van der Waals surface area (Å²) in [6.45, 7) is 1.76. The Balaban J connectivity index is 1.21. The molecule has 6 nitrogen and oxygen atoms in total. The molecule has 28 heavy (non-hydrogen) atoms. The van der Waals surface area contributed by atoms with E-state index in [4.69, 9.17) is 0 Å². The minimum absolute atomic E-state index is 0.149. The first-order valence-electron chi connectivity index (χ1n) is 9.85. The maximum absolute atomic E-state index is 14.0. The van der Waals surface area contributed by atoms with Crippen molar-refractivity contribution in [2.45, 2.75) is 6.42 Å². The Morgan fingerprint density at radius 3 is 2.18 bits per heavy atom. The Kier molecular flexibility index (Phi) is 4.00. The lowest BCUT2D eigenvalue weighted by Crippen LogP contribution is -2.52. The SMILES string of the molecule is O=C(CN1C(=O)C2C3C=CC(C3)C2C1=O)N1CCN(c2ccccc2F)CC1. The molecule has 146 valence electrons. The molecular formula is C21H22FN3O3. The van der Waals surface area contributed by atoms with E-state index < -0.39 is 0 Å². The van der Waals surface area contributed by atoms with Crippen LogP contribution in [-0.2, 0) is 14.4 Å². The minimum atomic E-state index is -0.273. The van der Waals surface area contributed by atoms with Gasteiger partial charge in [0.15, 0.2) is 0 Å². The third-order valence-corrected chi connectivity index (χ3v) is 6.68. The summed E-state index contributed by atoms with van der Waals surface area (Å²) in [6, 6.07) is 6.60. The second kappa shape index (κ2) is 6.43. The topological polar surface area (TPSA) is 60.9 Å². The van der Waals surface area contributed by atoms with Gasteiger partial charge in [0.1, 0.15) is 12.4 Å². The van der Waals surface area contributed by atoms with Crippen molar-refractivity contribution in [3.63, 3.8) is 0 Å². The van der Waals surface area contributed by atoms with E-state index in [-0.39, 0.29) is 53.8 Å². The van der Waals surface area contributed by atoms with Crippen molar-refractivity contribution in [3.8, 4) is 0 Å². The highest BCUT2D eigenvalue weighted by molar-refractivity contribution is 6.08. The molecule has 2 saturated heterocycles. The summed E-state index contributed by atoms with van der Waals surface area (Å²) >= 11 is 0. The lowest BCUT2D eigenvalue weighted by molar-refractivity contribution is -0.147. The van der Waals surface area contributed by atoms with Crippen molar-refractivity contribution in [1.29, 1.82) is 0 Å². The van der Waals surface area contributed by atoms with Gasteiger partial charge < -0.3 is 9.80 Å². The smallest absolute Gasteiger partial charge is 0.242 e. The van der Waals surface area contributed by atoms with Gasteiger partial charge in [0, 0.05) is 26.2 Å². The number of allylic oxidation sites excluding steroid dienone is 2. The summed E-state index contributed by atoms with van der Waals surface area (Å²) in [5.41, 5.74) is 0.537. The van der Waals surface area contributed by atoms with Crippen molar-refractivity contribution in [1.82, 2.24) is 9.80 Å². The fourth-order valence-corrected chi connectivity index (χ4v) is 5.26. The number of carbonyl (C=O) groups excluding carboxylic acids is 3. The first kappa shape index (κ1) is 17.4. The molecular weight excluding hydrogens is 361 g/mol. The van der Waals surface area contributed by atoms with Crippen molar-refractivity contribution in [2.24, 2.45) is 23.7 Å². The van der Waals surface area contributed by atoms with Crippen LogP contribution in [0.3, 0.4) is 0 Å². The molecule has 3 amide bonds. The largest absolute Gasteiger partial charge is 0.366 e. The second-order valence-corrected chi connectivity index (χ2v) is 8.08. The summed E-state index contributed by atoms with van der Waals surface area (Å²) in [4.78, 5) is 42.9. The predicted molar refractivity (Wildman–Crippen MR) is 99.6 cm³/mol. The Hall–Kier alpha value is -2.70. The van der Waals surface area contributed by atoms with E-state index in [0.717, 1.165) is 6.42 Å². The summed E-state index contributed by atoms with van der Waals surface area (Å²) in [6.07, 6.45) is 4.97. The lowest BCUT2D eigenvalue weighted by atomic mass is 9.85. The van der Waals surface area contributed by atoms with Gasteiger partial charge in [0.2, 0.25) is 17.7 Å². The molecule has 0 aromatic heterocycles. The van der Waals surface area contributed by atoms with Crippen LogP contribution in [0.25, 0.3) is 0 Å². The maximum Gasteiger partial charge on any atom is 0.242 e. The number of hydrogen-bond acceptors (Lipinski definition) is 4. The number of benzene rings is 1. The molecule has 4 atom stereocenters. The van der Waals surface area contributed by atoms with Gasteiger partial charge in [-0.05, 0) is 30.4 Å². The Labute approximate surface area is 162 Å². The fourth-order valence-electron chi connectivity index (χ4n) is 5.26. The van der Waals surface area contributed by atoms with E-state index in [1.807, 2.05) is 17.1 Å². The third kappa shape index (κ3) is 2.56. The Bertz CT molecular complexity index is 847. The number of halogens is 1. The van der Waals surface area contributed by atoms with E-state index >= 15 is 0 Å². The molecule has 2 aliphatic carbocycles. The molecule has 0 N–H and O–H groups in total. The summed E-state index contributed by atoms with van der Waals surface area (Å²) in [5.74, 6) is -1.11. The number of nitrogens with zero attached hydrogens (tertiary/aromatic N) is 3. The average Bonchev–Trinajstić information content (AvgIpc) is 3.38. The highest BCUT2D eigenvalue weighted by Crippen LogP contribution is 2.52. The van der Waals surface area contributed by atoms with E-state index in [0.29, 0.717) is 31.9 Å². The van der Waals surface area contributed by atoms with E-state index in [2.05, 4.69) is 0 Å². The second-order valence-electron chi connectivity index (χ2n) is 8.08. The maximum atomic E-state index is 14.0. The zero-order valence-electron chi connectivity index (χ0n) is 15.5. The van der Waals surface area contributed by atoms with Gasteiger partial charge in [0.25, 0.3) is 0 Å². The third-order valence-electron chi connectivity index (χ3n) is 6.68. The summed E-state index contributed by atoms with van der Waals surface area (Å²) in [5, 5.41) is 0. The number of fused-ring (bicyclic) bond motifs is 5. The Morgan fingerprint density at radius 1 is 0.964 bits per heavy atom. The zero-order chi connectivity index (χ0) is 19.4. The van der Waals surface area contributed by atoms with Crippen LogP contribution in [0.15, 0.2) is 36.4 Å². The van der Waals surface area contributed by atoms with Gasteiger partial charge in [-0.3, -0.25) is 19.3 Å². The number of carbonyl (C=O) groups is 3. The fraction of sp³-hybridized carbons (Fsp3) is 0.476. The van der Waals surface area contributed by atoms with Crippen LogP contribution in [0.2, 0.25) is 0 Å². The molecule has 1 saturated carbocycles. The van der Waals surface area contributed by atoms with Gasteiger partial charge in [-0.2, -0.15) is 0 Å². The monoisotopic (exact) mass is 383 g/mol. The highest BCUT2D eigenvalue weighted by Gasteiger charge is 2.59. The molecule has 1 aromatic carbocycles. The first-order chi connectivity index (χ1) is 13.5. The summed E-state index contributed by atoms with van der Waals surface area (Å²) in [7, 11) is 0. The quantitative estimate of drug-likeness (QED) is 0.583. The van der Waals surface area contributed by atoms with Crippen LogP contribution in [0.5, 0.6) is 0 Å². The van der Waals surface area contributed by atoms with E-state index in [1.165, 1.54) is 11.0 Å². The number of piperazine rings is 1. The number of para-hydroxylation sites is 1. The van der Waals surface area contributed by atoms with Crippen molar-refractivity contribution >= 4 is 23.4 Å². The van der Waals surface area contributed by atoms with Crippen LogP contribution in [0, 0.1) is 29.5 Å². The van der Waals surface area contributed by atoms with E-state index in [9.17, 15) is 18.8 Å². The number of hydrogen-bond donors (Lipinski definition) is 0. The number of likely N-dealkylation sites (tertiary alicyclic amines) is 1. The number of rotatable bonds is 3. The molecule has 4 unspecified atom stereocenters. The number of amides is 3. The molecule has 0 spiro atoms. The van der Waals surface area contributed by atoms with Crippen molar-refractivity contribution in [3.05, 3.63) is 42.2 Å². The minimum Gasteiger partial charge on any atom is -0.366 e. The van der Waals surface area contributed by atoms with Gasteiger partial charge in [-0.25, -0.2) is 4.39 Å². The Morgan fingerprint density at radius 2 is 1.57 bits per heavy atom. The molecule has 7 heteroatoms. The van der Waals surface area contributed by atoms with E-state index in [1.54, 1.807) is 23.1 Å². The molecule has 1 aromatic rings. The number of imide groups is 1. The van der Waals surface area contributed by atoms with Gasteiger partial charge in [-0.15, -0.1) is 0 Å². The molecule has 2 bridgehead atoms. The summed E-state index contributed by atoms with van der Waals surface area (Å²) < 4.78 is 14.0. The van der Waals surface area contributed by atoms with Crippen LogP contribution >= 0.6 is 0 Å². The van der Waals surface area contributed by atoms with Crippen LogP contribution in [-0.4, -0.2) is 60.2 Å². The zero-order valence-corrected chi connectivity index (χ0v) is 15.5. The standard InChI is InChI=1S/C21H22FN3O3/c22-15-3-1-2-4-16(15)23-7-9-24(10-8-23)17(26)12-25-20(27)18-13-5-6-14(11-13)19(18)21(25)28/h1-6,13-14,18-19H,7-12H2. The van der Waals surface area contributed by atoms with Crippen LogP contribution in [0.1, 0.15) is 6.42 Å². The highest BCUT2D eigenvalue weighted by atomic mass is 19.1. The predicted octanol–water partition coefficient (Wildman–Crippen LogP) is 1.28. The van der Waals surface area contributed by atoms with Crippen LogP contribution < -0.4 is 4.90 Å². The molecule has 2 aliphatic heterocycles. The normalized spacial score (nSPS) is 31.1. The molecule has 3 fully saturated rings. The van der Waals surface area contributed by atoms with Gasteiger partial charge in [-0.1, -0.05) is 24.3 Å². The van der Waals surface area contributed by atoms with Crippen molar-refractivity contribution < 1.29 is 18.8 Å². The molecule has 5 rings (SSSR count). The number of anilines is 1. The lowest BCUT2D eigenvalue weighted by Gasteiger charge is -2.36. The van der Waals surface area contributed by atoms with Gasteiger partial charge >= 0.3 is 0 Å².